The fraction of sp³-hybridized carbons (Fsp3) is 0.462. The van der Waals surface area contributed by atoms with Gasteiger partial charge < -0.3 is 5.11 Å². The maximum absolute atomic E-state index is 13.4. The lowest BCUT2D eigenvalue weighted by atomic mass is 10.0. The standard InChI is InChI=1S/C13H16F2O2/c1-2-13(14,15)11-7-3-5-10(9-11)6-4-8-12(16)17/h3,5,7,9H,2,4,6,8H2,1H3,(H,16,17). The van der Waals surface area contributed by atoms with Crippen molar-refractivity contribution in [3.05, 3.63) is 35.4 Å². The van der Waals surface area contributed by atoms with Gasteiger partial charge in [-0.25, -0.2) is 8.78 Å². The van der Waals surface area contributed by atoms with Gasteiger partial charge in [0.15, 0.2) is 0 Å². The van der Waals surface area contributed by atoms with Gasteiger partial charge in [-0.3, -0.25) is 4.79 Å². The molecule has 0 saturated carbocycles. The average molecular weight is 242 g/mol. The Morgan fingerprint density at radius 3 is 2.71 bits per heavy atom. The SMILES string of the molecule is CCC(F)(F)c1cccc(CCCC(=O)O)c1. The van der Waals surface area contributed by atoms with Crippen molar-refractivity contribution >= 4 is 5.97 Å². The number of aliphatic carboxylic acids is 1. The number of carboxylic acid groups (broad SMARTS) is 1. The van der Waals surface area contributed by atoms with Gasteiger partial charge in [-0.15, -0.1) is 0 Å². The Balaban J connectivity index is 2.69. The van der Waals surface area contributed by atoms with Crippen LogP contribution in [0.5, 0.6) is 0 Å². The lowest BCUT2D eigenvalue weighted by molar-refractivity contribution is -0.137. The second-order valence-corrected chi connectivity index (χ2v) is 4.01. The molecule has 0 aliphatic rings. The van der Waals surface area contributed by atoms with Gasteiger partial charge in [0.25, 0.3) is 5.92 Å². The zero-order valence-electron chi connectivity index (χ0n) is 9.75. The molecule has 4 heteroatoms. The Morgan fingerprint density at radius 1 is 1.41 bits per heavy atom. The summed E-state index contributed by atoms with van der Waals surface area (Å²) in [6, 6.07) is 6.21. The first kappa shape index (κ1) is 13.6. The van der Waals surface area contributed by atoms with Crippen LogP contribution in [0.2, 0.25) is 0 Å². The van der Waals surface area contributed by atoms with Gasteiger partial charge in [-0.05, 0) is 24.5 Å². The number of carbonyl (C=O) groups is 1. The van der Waals surface area contributed by atoms with E-state index >= 15 is 0 Å². The molecule has 0 fully saturated rings. The van der Waals surface area contributed by atoms with Crippen molar-refractivity contribution < 1.29 is 18.7 Å². The van der Waals surface area contributed by atoms with Crippen LogP contribution in [0.15, 0.2) is 24.3 Å². The summed E-state index contributed by atoms with van der Waals surface area (Å²) < 4.78 is 26.8. The molecule has 17 heavy (non-hydrogen) atoms. The lowest BCUT2D eigenvalue weighted by Gasteiger charge is -2.15. The van der Waals surface area contributed by atoms with Crippen LogP contribution < -0.4 is 0 Å². The second-order valence-electron chi connectivity index (χ2n) is 4.01. The van der Waals surface area contributed by atoms with E-state index in [1.807, 2.05) is 0 Å². The van der Waals surface area contributed by atoms with Crippen LogP contribution in [0.3, 0.4) is 0 Å². The van der Waals surface area contributed by atoms with E-state index in [-0.39, 0.29) is 18.4 Å². The third-order valence-corrected chi connectivity index (χ3v) is 2.65. The summed E-state index contributed by atoms with van der Waals surface area (Å²) in [6.07, 6.45) is 0.816. The van der Waals surface area contributed by atoms with Gasteiger partial charge in [0.05, 0.1) is 0 Å². The smallest absolute Gasteiger partial charge is 0.303 e. The number of aryl methyl sites for hydroxylation is 1. The fourth-order valence-corrected chi connectivity index (χ4v) is 1.60. The zero-order valence-corrected chi connectivity index (χ0v) is 9.75. The molecule has 0 unspecified atom stereocenters. The van der Waals surface area contributed by atoms with Crippen LogP contribution in [0.25, 0.3) is 0 Å². The predicted molar refractivity (Wildman–Crippen MR) is 61.2 cm³/mol. The summed E-state index contributed by atoms with van der Waals surface area (Å²) in [4.78, 5) is 10.3. The van der Waals surface area contributed by atoms with Crippen molar-refractivity contribution in [3.8, 4) is 0 Å². The molecule has 1 rings (SSSR count). The van der Waals surface area contributed by atoms with Crippen molar-refractivity contribution in [1.29, 1.82) is 0 Å². The topological polar surface area (TPSA) is 37.3 Å². The monoisotopic (exact) mass is 242 g/mol. The molecule has 0 bridgehead atoms. The minimum atomic E-state index is -2.80. The highest BCUT2D eigenvalue weighted by molar-refractivity contribution is 5.66. The first-order valence-electron chi connectivity index (χ1n) is 5.64. The van der Waals surface area contributed by atoms with Gasteiger partial charge in [-0.1, -0.05) is 25.1 Å². The van der Waals surface area contributed by atoms with E-state index in [0.29, 0.717) is 12.8 Å². The first-order valence-corrected chi connectivity index (χ1v) is 5.64. The van der Waals surface area contributed by atoms with Crippen LogP contribution in [0, 0.1) is 0 Å². The number of halogens is 2. The number of rotatable bonds is 6. The molecule has 0 amide bonds. The van der Waals surface area contributed by atoms with Crippen LogP contribution in [0.1, 0.15) is 37.3 Å². The molecule has 0 aliphatic carbocycles. The molecule has 0 spiro atoms. The number of benzene rings is 1. The van der Waals surface area contributed by atoms with E-state index in [1.54, 1.807) is 12.1 Å². The van der Waals surface area contributed by atoms with Crippen molar-refractivity contribution in [2.45, 2.75) is 38.5 Å². The molecule has 2 nitrogen and oxygen atoms in total. The highest BCUT2D eigenvalue weighted by atomic mass is 19.3. The number of carboxylic acids is 1. The second kappa shape index (κ2) is 5.75. The van der Waals surface area contributed by atoms with Crippen LogP contribution in [0.4, 0.5) is 8.78 Å². The summed E-state index contributed by atoms with van der Waals surface area (Å²) in [5.41, 5.74) is 0.768. The Kier molecular flexibility index (Phi) is 4.61. The normalized spacial score (nSPS) is 11.5. The van der Waals surface area contributed by atoms with E-state index in [9.17, 15) is 13.6 Å². The van der Waals surface area contributed by atoms with E-state index in [0.717, 1.165) is 5.56 Å². The maximum atomic E-state index is 13.4. The maximum Gasteiger partial charge on any atom is 0.303 e. The van der Waals surface area contributed by atoms with Crippen molar-refractivity contribution in [1.82, 2.24) is 0 Å². The number of hydrogen-bond acceptors (Lipinski definition) is 1. The minimum Gasteiger partial charge on any atom is -0.481 e. The van der Waals surface area contributed by atoms with Gasteiger partial charge in [0, 0.05) is 18.4 Å². The molecular formula is C13H16F2O2. The summed E-state index contributed by atoms with van der Waals surface area (Å²) in [6.45, 7) is 1.44. The van der Waals surface area contributed by atoms with E-state index in [4.69, 9.17) is 5.11 Å². The summed E-state index contributed by atoms with van der Waals surface area (Å²) in [5.74, 6) is -3.66. The summed E-state index contributed by atoms with van der Waals surface area (Å²) >= 11 is 0. The van der Waals surface area contributed by atoms with E-state index in [2.05, 4.69) is 0 Å². The molecule has 0 aliphatic heterocycles. The molecule has 1 aromatic carbocycles. The van der Waals surface area contributed by atoms with Crippen molar-refractivity contribution in [2.24, 2.45) is 0 Å². The molecule has 0 saturated heterocycles. The number of hydrogen-bond donors (Lipinski definition) is 1. The Hall–Kier alpha value is -1.45. The highest BCUT2D eigenvalue weighted by Gasteiger charge is 2.28. The predicted octanol–water partition coefficient (Wildman–Crippen LogP) is 3.60. The van der Waals surface area contributed by atoms with Gasteiger partial charge in [-0.2, -0.15) is 0 Å². The van der Waals surface area contributed by atoms with E-state index in [1.165, 1.54) is 19.1 Å². The molecule has 0 heterocycles. The third kappa shape index (κ3) is 4.13. The summed E-state index contributed by atoms with van der Waals surface area (Å²) in [7, 11) is 0. The quantitative estimate of drug-likeness (QED) is 0.827. The largest absolute Gasteiger partial charge is 0.481 e. The van der Waals surface area contributed by atoms with Gasteiger partial charge in [0.2, 0.25) is 0 Å². The van der Waals surface area contributed by atoms with Crippen molar-refractivity contribution in [3.63, 3.8) is 0 Å². The zero-order chi connectivity index (χ0) is 12.9. The Bertz CT molecular complexity index is 389. The first-order chi connectivity index (χ1) is 7.95. The third-order valence-electron chi connectivity index (χ3n) is 2.65. The van der Waals surface area contributed by atoms with Gasteiger partial charge in [0.1, 0.15) is 0 Å². The fourth-order valence-electron chi connectivity index (χ4n) is 1.60. The molecule has 94 valence electrons. The number of alkyl halides is 2. The highest BCUT2D eigenvalue weighted by Crippen LogP contribution is 2.31. The summed E-state index contributed by atoms with van der Waals surface area (Å²) in [5, 5.41) is 8.49. The Morgan fingerprint density at radius 2 is 2.12 bits per heavy atom. The Labute approximate surface area is 99.3 Å². The molecular weight excluding hydrogens is 226 g/mol. The molecule has 0 aromatic heterocycles. The van der Waals surface area contributed by atoms with Crippen LogP contribution >= 0.6 is 0 Å². The molecule has 0 radical (unpaired) electrons. The van der Waals surface area contributed by atoms with Crippen LogP contribution in [-0.4, -0.2) is 11.1 Å². The lowest BCUT2D eigenvalue weighted by Crippen LogP contribution is -2.11. The van der Waals surface area contributed by atoms with Crippen molar-refractivity contribution in [2.75, 3.05) is 0 Å². The average Bonchev–Trinajstić information content (AvgIpc) is 2.29. The van der Waals surface area contributed by atoms with E-state index < -0.39 is 11.9 Å². The van der Waals surface area contributed by atoms with Crippen LogP contribution in [-0.2, 0) is 17.1 Å². The molecule has 1 N–H and O–H groups in total. The van der Waals surface area contributed by atoms with Gasteiger partial charge >= 0.3 is 5.97 Å². The minimum absolute atomic E-state index is 0.00725. The molecule has 1 aromatic rings. The molecule has 0 atom stereocenters.